The van der Waals surface area contributed by atoms with Crippen molar-refractivity contribution in [2.24, 2.45) is 0 Å². The standard InChI is InChI=1S/2C9H21N3/c2*1-4-10-6-2-8-12-9-3-7-11-5-1/h2*10-12H,1-9H2. The van der Waals surface area contributed by atoms with Crippen molar-refractivity contribution in [2.75, 3.05) is 78.5 Å². The van der Waals surface area contributed by atoms with E-state index in [1.807, 2.05) is 0 Å². The summed E-state index contributed by atoms with van der Waals surface area (Å²) in [4.78, 5) is 0. The molecule has 2 aliphatic rings. The lowest BCUT2D eigenvalue weighted by molar-refractivity contribution is 0.527. The summed E-state index contributed by atoms with van der Waals surface area (Å²) in [5.41, 5.74) is 0. The minimum Gasteiger partial charge on any atom is -0.317 e. The molecule has 0 aromatic rings. The van der Waals surface area contributed by atoms with Gasteiger partial charge in [0.25, 0.3) is 0 Å². The maximum atomic E-state index is 3.42. The molecule has 0 radical (unpaired) electrons. The van der Waals surface area contributed by atoms with Gasteiger partial charge in [0, 0.05) is 0 Å². The Hall–Kier alpha value is -0.240. The average molecular weight is 343 g/mol. The minimum atomic E-state index is 1.16. The van der Waals surface area contributed by atoms with E-state index in [2.05, 4.69) is 31.9 Å². The van der Waals surface area contributed by atoms with Gasteiger partial charge in [0.05, 0.1) is 0 Å². The van der Waals surface area contributed by atoms with Crippen LogP contribution >= 0.6 is 0 Å². The fourth-order valence-electron chi connectivity index (χ4n) is 2.78. The van der Waals surface area contributed by atoms with E-state index in [4.69, 9.17) is 0 Å². The van der Waals surface area contributed by atoms with Crippen LogP contribution < -0.4 is 31.9 Å². The Kier molecular flexibility index (Phi) is 17.3. The zero-order valence-electron chi connectivity index (χ0n) is 15.7. The van der Waals surface area contributed by atoms with Gasteiger partial charge in [-0.3, -0.25) is 0 Å². The van der Waals surface area contributed by atoms with Crippen molar-refractivity contribution in [1.29, 1.82) is 0 Å². The number of rotatable bonds is 0. The summed E-state index contributed by atoms with van der Waals surface area (Å²) in [6, 6.07) is 0. The van der Waals surface area contributed by atoms with Gasteiger partial charge in [0.15, 0.2) is 0 Å². The predicted octanol–water partition coefficient (Wildman–Crippen LogP) is -0.122. The van der Waals surface area contributed by atoms with Crippen LogP contribution in [0, 0.1) is 0 Å². The Morgan fingerprint density at radius 3 is 0.458 bits per heavy atom. The Morgan fingerprint density at radius 2 is 0.333 bits per heavy atom. The van der Waals surface area contributed by atoms with E-state index in [1.165, 1.54) is 38.5 Å². The largest absolute Gasteiger partial charge is 0.317 e. The molecule has 2 heterocycles. The van der Waals surface area contributed by atoms with Gasteiger partial charge in [-0.1, -0.05) is 0 Å². The summed E-state index contributed by atoms with van der Waals surface area (Å²) in [6.45, 7) is 13.9. The van der Waals surface area contributed by atoms with Gasteiger partial charge in [-0.2, -0.15) is 0 Å². The molecule has 0 aromatic heterocycles. The van der Waals surface area contributed by atoms with Crippen molar-refractivity contribution in [2.45, 2.75) is 38.5 Å². The van der Waals surface area contributed by atoms with E-state index in [0.29, 0.717) is 0 Å². The van der Waals surface area contributed by atoms with Crippen LogP contribution in [0.5, 0.6) is 0 Å². The van der Waals surface area contributed by atoms with Crippen LogP contribution in [0.3, 0.4) is 0 Å². The van der Waals surface area contributed by atoms with E-state index in [9.17, 15) is 0 Å². The SMILES string of the molecule is C1CNCCCNCCCNC1.C1CNCCCNCCCNC1. The molecular formula is C18H42N6. The topological polar surface area (TPSA) is 72.2 Å². The highest BCUT2D eigenvalue weighted by Gasteiger charge is 1.94. The number of hydrogen-bond donors (Lipinski definition) is 6. The molecule has 2 fully saturated rings. The Bertz CT molecular complexity index is 130. The molecule has 2 aliphatic heterocycles. The molecule has 6 heteroatoms. The molecule has 6 nitrogen and oxygen atoms in total. The van der Waals surface area contributed by atoms with Crippen LogP contribution in [-0.4, -0.2) is 78.5 Å². The Labute approximate surface area is 149 Å². The van der Waals surface area contributed by atoms with Crippen molar-refractivity contribution in [1.82, 2.24) is 31.9 Å². The summed E-state index contributed by atoms with van der Waals surface area (Å²) in [6.07, 6.45) is 7.54. The van der Waals surface area contributed by atoms with Gasteiger partial charge >= 0.3 is 0 Å². The second-order valence-corrected chi connectivity index (χ2v) is 6.62. The van der Waals surface area contributed by atoms with Crippen LogP contribution in [0.25, 0.3) is 0 Å². The van der Waals surface area contributed by atoms with E-state index in [-0.39, 0.29) is 0 Å². The van der Waals surface area contributed by atoms with Crippen molar-refractivity contribution < 1.29 is 0 Å². The quantitative estimate of drug-likeness (QED) is 0.369. The summed E-state index contributed by atoms with van der Waals surface area (Å²) >= 11 is 0. The highest BCUT2D eigenvalue weighted by molar-refractivity contribution is 4.58. The molecule has 144 valence electrons. The Balaban J connectivity index is 0.000000240. The first-order valence-corrected chi connectivity index (χ1v) is 10.2. The maximum absolute atomic E-state index is 3.42. The zero-order chi connectivity index (χ0) is 17.0. The maximum Gasteiger partial charge on any atom is -0.00368 e. The van der Waals surface area contributed by atoms with E-state index in [0.717, 1.165) is 78.5 Å². The molecule has 0 bridgehead atoms. The predicted molar refractivity (Wildman–Crippen MR) is 105 cm³/mol. The summed E-state index contributed by atoms with van der Waals surface area (Å²) < 4.78 is 0. The normalized spacial score (nSPS) is 24.0. The molecule has 0 aliphatic carbocycles. The van der Waals surface area contributed by atoms with Crippen LogP contribution in [0.2, 0.25) is 0 Å². The van der Waals surface area contributed by atoms with Gasteiger partial charge in [-0.05, 0) is 117 Å². The molecule has 0 saturated carbocycles. The van der Waals surface area contributed by atoms with E-state index in [1.54, 1.807) is 0 Å². The second kappa shape index (κ2) is 19.1. The number of nitrogens with one attached hydrogen (secondary N) is 6. The molecule has 6 N–H and O–H groups in total. The monoisotopic (exact) mass is 342 g/mol. The molecule has 2 rings (SSSR count). The highest BCUT2D eigenvalue weighted by Crippen LogP contribution is 1.82. The third kappa shape index (κ3) is 16.6. The van der Waals surface area contributed by atoms with Crippen molar-refractivity contribution in [3.05, 3.63) is 0 Å². The smallest absolute Gasteiger partial charge is 0.00368 e. The van der Waals surface area contributed by atoms with Crippen LogP contribution in [-0.2, 0) is 0 Å². The first kappa shape index (κ1) is 21.8. The second-order valence-electron chi connectivity index (χ2n) is 6.62. The van der Waals surface area contributed by atoms with Gasteiger partial charge in [0.2, 0.25) is 0 Å². The summed E-state index contributed by atoms with van der Waals surface area (Å²) in [5, 5.41) is 20.5. The Morgan fingerprint density at radius 1 is 0.208 bits per heavy atom. The van der Waals surface area contributed by atoms with Gasteiger partial charge in [-0.25, -0.2) is 0 Å². The van der Waals surface area contributed by atoms with Crippen molar-refractivity contribution in [3.63, 3.8) is 0 Å². The van der Waals surface area contributed by atoms with Gasteiger partial charge < -0.3 is 31.9 Å². The van der Waals surface area contributed by atoms with Crippen LogP contribution in [0.4, 0.5) is 0 Å². The molecule has 0 amide bonds. The minimum absolute atomic E-state index is 1.16. The third-order valence-corrected chi connectivity index (χ3v) is 4.24. The fourth-order valence-corrected chi connectivity index (χ4v) is 2.78. The molecular weight excluding hydrogens is 300 g/mol. The molecule has 0 aromatic carbocycles. The van der Waals surface area contributed by atoms with Gasteiger partial charge in [-0.15, -0.1) is 0 Å². The zero-order valence-corrected chi connectivity index (χ0v) is 15.7. The number of hydrogen-bond acceptors (Lipinski definition) is 6. The van der Waals surface area contributed by atoms with E-state index >= 15 is 0 Å². The van der Waals surface area contributed by atoms with E-state index < -0.39 is 0 Å². The molecule has 0 unspecified atom stereocenters. The lowest BCUT2D eigenvalue weighted by atomic mass is 10.3. The average Bonchev–Trinajstić information content (AvgIpc) is 2.56. The molecule has 0 spiro atoms. The lowest BCUT2D eigenvalue weighted by Crippen LogP contribution is -2.29. The molecule has 24 heavy (non-hydrogen) atoms. The molecule has 0 atom stereocenters. The van der Waals surface area contributed by atoms with Crippen LogP contribution in [0.1, 0.15) is 38.5 Å². The third-order valence-electron chi connectivity index (χ3n) is 4.24. The first-order chi connectivity index (χ1) is 12.0. The summed E-state index contributed by atoms with van der Waals surface area (Å²) in [7, 11) is 0. The molecule has 2 saturated heterocycles. The van der Waals surface area contributed by atoms with Crippen LogP contribution in [0.15, 0.2) is 0 Å². The van der Waals surface area contributed by atoms with Gasteiger partial charge in [0.1, 0.15) is 0 Å². The van der Waals surface area contributed by atoms with Crippen molar-refractivity contribution >= 4 is 0 Å². The summed E-state index contributed by atoms with van der Waals surface area (Å²) in [5.74, 6) is 0. The first-order valence-electron chi connectivity index (χ1n) is 10.2. The fraction of sp³-hybridized carbons (Fsp3) is 1.00. The lowest BCUT2D eigenvalue weighted by Gasteiger charge is -2.09. The highest BCUT2D eigenvalue weighted by atomic mass is 14.9. The van der Waals surface area contributed by atoms with Crippen molar-refractivity contribution in [3.8, 4) is 0 Å².